The number of rotatable bonds is 9. The molecule has 0 atom stereocenters. The Labute approximate surface area is 199 Å². The lowest BCUT2D eigenvalue weighted by atomic mass is 10.2. The van der Waals surface area contributed by atoms with Gasteiger partial charge in [-0.15, -0.1) is 0 Å². The molecule has 0 unspecified atom stereocenters. The molecule has 9 nitrogen and oxygen atoms in total. The number of thioether (sulfide) groups is 1. The number of H-pyrrole nitrogens is 1. The van der Waals surface area contributed by atoms with Crippen LogP contribution in [0.25, 0.3) is 11.1 Å². The van der Waals surface area contributed by atoms with E-state index in [2.05, 4.69) is 9.97 Å². The molecule has 2 aromatic carbocycles. The van der Waals surface area contributed by atoms with E-state index in [1.807, 2.05) is 55.5 Å². The largest absolute Gasteiger partial charge is 0.431 e. The lowest BCUT2D eigenvalue weighted by Gasteiger charge is -2.24. The van der Waals surface area contributed by atoms with Gasteiger partial charge in [0.15, 0.2) is 11.3 Å². The molecule has 0 radical (unpaired) electrons. The van der Waals surface area contributed by atoms with E-state index in [0.29, 0.717) is 29.3 Å². The average Bonchev–Trinajstić information content (AvgIpc) is 3.26. The van der Waals surface area contributed by atoms with Crippen molar-refractivity contribution < 1.29 is 9.21 Å². The van der Waals surface area contributed by atoms with E-state index in [0.717, 1.165) is 23.7 Å². The summed E-state index contributed by atoms with van der Waals surface area (Å²) in [4.78, 5) is 46.6. The molecule has 3 N–H and O–H groups in total. The second-order valence-electron chi connectivity index (χ2n) is 7.70. The lowest BCUT2D eigenvalue weighted by molar-refractivity contribution is -0.116. The SMILES string of the molecule is CCCCN(C(=O)CSc1nc2ccccc2o1)c1c(N)n(Cc2ccccc2)c(=O)[nH]c1=O. The summed E-state index contributed by atoms with van der Waals surface area (Å²) in [5, 5.41) is 0.362. The number of aromatic amines is 1. The Hall–Kier alpha value is -3.79. The van der Waals surface area contributed by atoms with Crippen molar-refractivity contribution in [1.29, 1.82) is 0 Å². The van der Waals surface area contributed by atoms with Gasteiger partial charge >= 0.3 is 5.69 Å². The van der Waals surface area contributed by atoms with Crippen LogP contribution >= 0.6 is 11.8 Å². The minimum absolute atomic E-state index is 0.00672. The molecule has 0 saturated heterocycles. The van der Waals surface area contributed by atoms with Crippen molar-refractivity contribution in [2.24, 2.45) is 0 Å². The van der Waals surface area contributed by atoms with Gasteiger partial charge in [-0.3, -0.25) is 19.1 Å². The van der Waals surface area contributed by atoms with Crippen LogP contribution in [-0.2, 0) is 11.3 Å². The number of benzene rings is 2. The highest BCUT2D eigenvalue weighted by molar-refractivity contribution is 7.99. The zero-order valence-electron chi connectivity index (χ0n) is 18.7. The lowest BCUT2D eigenvalue weighted by Crippen LogP contribution is -2.42. The molecule has 1 amide bonds. The molecule has 0 spiro atoms. The van der Waals surface area contributed by atoms with Crippen molar-refractivity contribution in [3.63, 3.8) is 0 Å². The van der Waals surface area contributed by atoms with Crippen LogP contribution in [0.5, 0.6) is 0 Å². The number of anilines is 2. The van der Waals surface area contributed by atoms with E-state index in [1.165, 1.54) is 9.47 Å². The number of nitrogens with zero attached hydrogens (tertiary/aromatic N) is 3. The molecule has 0 aliphatic rings. The molecule has 0 fully saturated rings. The van der Waals surface area contributed by atoms with Crippen LogP contribution < -0.4 is 21.9 Å². The van der Waals surface area contributed by atoms with Crippen LogP contribution in [0.15, 0.2) is 73.8 Å². The zero-order valence-corrected chi connectivity index (χ0v) is 19.5. The Morgan fingerprint density at radius 3 is 2.62 bits per heavy atom. The van der Waals surface area contributed by atoms with Gasteiger partial charge in [-0.2, -0.15) is 0 Å². The fraction of sp³-hybridized carbons (Fsp3) is 0.250. The third-order valence-electron chi connectivity index (χ3n) is 5.30. The molecule has 2 aromatic heterocycles. The Kier molecular flexibility index (Phi) is 7.17. The summed E-state index contributed by atoms with van der Waals surface area (Å²) in [6.45, 7) is 2.45. The topological polar surface area (TPSA) is 127 Å². The van der Waals surface area contributed by atoms with Crippen molar-refractivity contribution in [1.82, 2.24) is 14.5 Å². The van der Waals surface area contributed by atoms with Gasteiger partial charge in [0.2, 0.25) is 5.91 Å². The Balaban J connectivity index is 1.63. The number of nitrogens with one attached hydrogen (secondary N) is 1. The van der Waals surface area contributed by atoms with Crippen LogP contribution in [0.4, 0.5) is 11.5 Å². The number of aromatic nitrogens is 3. The molecule has 0 aliphatic carbocycles. The standard InChI is InChI=1S/C24H25N5O4S/c1-2-3-13-28(19(30)15-34-24-26-17-11-7-8-12-18(17)33-24)20-21(25)29(23(32)27-22(20)31)14-16-9-5-4-6-10-16/h4-12H,2-3,13-15,25H2,1H3,(H,27,31,32). The molecule has 176 valence electrons. The minimum atomic E-state index is -0.692. The number of hydrogen-bond acceptors (Lipinski definition) is 7. The maximum atomic E-state index is 13.2. The summed E-state index contributed by atoms with van der Waals surface area (Å²) in [6.07, 6.45) is 1.47. The molecular formula is C24H25N5O4S. The van der Waals surface area contributed by atoms with E-state index in [4.69, 9.17) is 10.2 Å². The number of nitrogens with two attached hydrogens (primary N) is 1. The molecular weight excluding hydrogens is 454 g/mol. The van der Waals surface area contributed by atoms with Crippen molar-refractivity contribution in [3.05, 3.63) is 81.0 Å². The number of amides is 1. The summed E-state index contributed by atoms with van der Waals surface area (Å²) in [5.74, 6) is -0.385. The molecule has 34 heavy (non-hydrogen) atoms. The van der Waals surface area contributed by atoms with E-state index in [1.54, 1.807) is 6.07 Å². The Morgan fingerprint density at radius 2 is 1.88 bits per heavy atom. The number of carbonyl (C=O) groups is 1. The van der Waals surface area contributed by atoms with Crippen LogP contribution in [0.3, 0.4) is 0 Å². The Morgan fingerprint density at radius 1 is 1.15 bits per heavy atom. The Bertz CT molecular complexity index is 1380. The summed E-state index contributed by atoms with van der Waals surface area (Å²) in [7, 11) is 0. The first kappa shape index (κ1) is 23.4. The fourth-order valence-electron chi connectivity index (χ4n) is 3.55. The molecule has 10 heteroatoms. The molecule has 0 bridgehead atoms. The predicted molar refractivity (Wildman–Crippen MR) is 133 cm³/mol. The van der Waals surface area contributed by atoms with Gasteiger partial charge in [0.05, 0.1) is 12.3 Å². The monoisotopic (exact) mass is 479 g/mol. The number of carbonyl (C=O) groups excluding carboxylic acids is 1. The maximum absolute atomic E-state index is 13.2. The first-order chi connectivity index (χ1) is 16.5. The third-order valence-corrected chi connectivity index (χ3v) is 6.11. The molecule has 0 aliphatic heterocycles. The number of unbranched alkanes of at least 4 members (excludes halogenated alkanes) is 1. The third kappa shape index (κ3) is 5.07. The molecule has 0 saturated carbocycles. The predicted octanol–water partition coefficient (Wildman–Crippen LogP) is 3.23. The van der Waals surface area contributed by atoms with E-state index >= 15 is 0 Å². The van der Waals surface area contributed by atoms with Crippen molar-refractivity contribution in [2.45, 2.75) is 31.5 Å². The quantitative estimate of drug-likeness (QED) is 0.353. The van der Waals surface area contributed by atoms with Crippen LogP contribution in [0, 0.1) is 0 Å². The van der Waals surface area contributed by atoms with Gasteiger partial charge in [0.1, 0.15) is 11.3 Å². The highest BCUT2D eigenvalue weighted by Crippen LogP contribution is 2.25. The van der Waals surface area contributed by atoms with Gasteiger partial charge in [0.25, 0.3) is 10.8 Å². The van der Waals surface area contributed by atoms with Crippen molar-refractivity contribution in [2.75, 3.05) is 22.9 Å². The fourth-order valence-corrected chi connectivity index (χ4v) is 4.27. The van der Waals surface area contributed by atoms with E-state index in [-0.39, 0.29) is 29.7 Å². The minimum Gasteiger partial charge on any atom is -0.431 e. The summed E-state index contributed by atoms with van der Waals surface area (Å²) in [6, 6.07) is 16.6. The number of para-hydroxylation sites is 2. The van der Waals surface area contributed by atoms with Crippen molar-refractivity contribution >= 4 is 40.3 Å². The van der Waals surface area contributed by atoms with Gasteiger partial charge in [-0.05, 0) is 24.1 Å². The van der Waals surface area contributed by atoms with Crippen LogP contribution in [0.1, 0.15) is 25.3 Å². The van der Waals surface area contributed by atoms with E-state index in [9.17, 15) is 14.4 Å². The second kappa shape index (κ2) is 10.4. The summed E-state index contributed by atoms with van der Waals surface area (Å²) >= 11 is 1.14. The van der Waals surface area contributed by atoms with Crippen molar-refractivity contribution in [3.8, 4) is 0 Å². The second-order valence-corrected chi connectivity index (χ2v) is 8.63. The number of oxazole rings is 1. The number of fused-ring (bicyclic) bond motifs is 1. The molecule has 4 aromatic rings. The number of nitrogen functional groups attached to an aromatic ring is 1. The van der Waals surface area contributed by atoms with Gasteiger partial charge in [-0.1, -0.05) is 67.6 Å². The summed E-state index contributed by atoms with van der Waals surface area (Å²) < 4.78 is 6.95. The van der Waals surface area contributed by atoms with Crippen LogP contribution in [-0.4, -0.2) is 32.7 Å². The first-order valence-electron chi connectivity index (χ1n) is 10.9. The zero-order chi connectivity index (χ0) is 24.1. The average molecular weight is 480 g/mol. The number of hydrogen-bond donors (Lipinski definition) is 2. The molecule has 4 rings (SSSR count). The normalized spacial score (nSPS) is 11.1. The van der Waals surface area contributed by atoms with E-state index < -0.39 is 11.2 Å². The van der Waals surface area contributed by atoms with Gasteiger partial charge in [0, 0.05) is 6.54 Å². The highest BCUT2D eigenvalue weighted by atomic mass is 32.2. The maximum Gasteiger partial charge on any atom is 0.330 e. The highest BCUT2D eigenvalue weighted by Gasteiger charge is 2.24. The first-order valence-corrected chi connectivity index (χ1v) is 11.9. The molecule has 2 heterocycles. The smallest absolute Gasteiger partial charge is 0.330 e. The van der Waals surface area contributed by atoms with Crippen LogP contribution in [0.2, 0.25) is 0 Å². The summed E-state index contributed by atoms with van der Waals surface area (Å²) in [5.41, 5.74) is 7.15. The van der Waals surface area contributed by atoms with Gasteiger partial charge < -0.3 is 15.1 Å². The van der Waals surface area contributed by atoms with Gasteiger partial charge in [-0.25, -0.2) is 9.78 Å².